The second-order valence-corrected chi connectivity index (χ2v) is 5.24. The number of nitrogens with one attached hydrogen (secondary N) is 1. The topological polar surface area (TPSA) is 45.0 Å². The molecule has 1 atom stereocenters. The molecule has 1 heterocycles. The van der Waals surface area contributed by atoms with E-state index in [1.165, 1.54) is 4.88 Å². The molecule has 98 valence electrons. The zero-order valence-electron chi connectivity index (χ0n) is 11.0. The standard InChI is InChI=1S/C15H16N2OS/c1-11(15-4-3-7-19-15)17-10-12-5-6-13(9-16)14(8-12)18-2/h3-8,11,17H,10H2,1-2H3/t11-/m1/s1. The molecule has 0 spiro atoms. The van der Waals surface area contributed by atoms with Gasteiger partial charge >= 0.3 is 0 Å². The van der Waals surface area contributed by atoms with Crippen molar-refractivity contribution in [3.8, 4) is 11.8 Å². The smallest absolute Gasteiger partial charge is 0.136 e. The zero-order valence-corrected chi connectivity index (χ0v) is 11.8. The molecule has 0 unspecified atom stereocenters. The average Bonchev–Trinajstić information content (AvgIpc) is 2.98. The van der Waals surface area contributed by atoms with Gasteiger partial charge in [0.25, 0.3) is 0 Å². The Labute approximate surface area is 117 Å². The van der Waals surface area contributed by atoms with Gasteiger partial charge in [0.05, 0.1) is 12.7 Å². The van der Waals surface area contributed by atoms with Crippen molar-refractivity contribution in [2.75, 3.05) is 7.11 Å². The van der Waals surface area contributed by atoms with Gasteiger partial charge in [0.15, 0.2) is 0 Å². The average molecular weight is 272 g/mol. The van der Waals surface area contributed by atoms with Crippen LogP contribution in [0.25, 0.3) is 0 Å². The maximum atomic E-state index is 8.94. The number of thiophene rings is 1. The highest BCUT2D eigenvalue weighted by Crippen LogP contribution is 2.21. The molecule has 3 nitrogen and oxygen atoms in total. The molecule has 4 heteroatoms. The summed E-state index contributed by atoms with van der Waals surface area (Å²) in [6, 6.07) is 12.3. The minimum atomic E-state index is 0.321. The van der Waals surface area contributed by atoms with Gasteiger partial charge in [-0.2, -0.15) is 5.26 Å². The summed E-state index contributed by atoms with van der Waals surface area (Å²) in [6.07, 6.45) is 0. The van der Waals surface area contributed by atoms with Crippen molar-refractivity contribution in [3.05, 3.63) is 51.7 Å². The van der Waals surface area contributed by atoms with Crippen LogP contribution in [-0.4, -0.2) is 7.11 Å². The Morgan fingerprint density at radius 2 is 2.26 bits per heavy atom. The molecule has 0 radical (unpaired) electrons. The first-order valence-electron chi connectivity index (χ1n) is 6.08. The van der Waals surface area contributed by atoms with Gasteiger partial charge in [-0.05, 0) is 36.1 Å². The van der Waals surface area contributed by atoms with E-state index in [-0.39, 0.29) is 0 Å². The van der Waals surface area contributed by atoms with Crippen LogP contribution in [0, 0.1) is 11.3 Å². The van der Waals surface area contributed by atoms with E-state index in [1.54, 1.807) is 24.5 Å². The molecular weight excluding hydrogens is 256 g/mol. The van der Waals surface area contributed by atoms with E-state index in [2.05, 4.69) is 35.8 Å². The van der Waals surface area contributed by atoms with Crippen molar-refractivity contribution in [1.82, 2.24) is 5.32 Å². The largest absolute Gasteiger partial charge is 0.495 e. The minimum Gasteiger partial charge on any atom is -0.495 e. The first-order valence-corrected chi connectivity index (χ1v) is 6.96. The Kier molecular flexibility index (Phi) is 4.56. The summed E-state index contributed by atoms with van der Waals surface area (Å²) in [7, 11) is 1.58. The van der Waals surface area contributed by atoms with E-state index in [9.17, 15) is 0 Å². The SMILES string of the molecule is COc1cc(CN[C@H](C)c2cccs2)ccc1C#N. The van der Waals surface area contributed by atoms with E-state index < -0.39 is 0 Å². The van der Waals surface area contributed by atoms with Crippen molar-refractivity contribution in [1.29, 1.82) is 5.26 Å². The number of hydrogen-bond acceptors (Lipinski definition) is 4. The second kappa shape index (κ2) is 6.37. The summed E-state index contributed by atoms with van der Waals surface area (Å²) in [5.41, 5.74) is 1.68. The lowest BCUT2D eigenvalue weighted by atomic mass is 10.1. The third kappa shape index (κ3) is 3.34. The first-order chi connectivity index (χ1) is 9.24. The summed E-state index contributed by atoms with van der Waals surface area (Å²) in [5, 5.41) is 14.5. The number of ether oxygens (including phenoxy) is 1. The van der Waals surface area contributed by atoms with Crippen LogP contribution < -0.4 is 10.1 Å². The van der Waals surface area contributed by atoms with Crippen molar-refractivity contribution < 1.29 is 4.74 Å². The summed E-state index contributed by atoms with van der Waals surface area (Å²) in [6.45, 7) is 2.90. The van der Waals surface area contributed by atoms with Gasteiger partial charge in [0, 0.05) is 17.5 Å². The van der Waals surface area contributed by atoms with Gasteiger partial charge in [0.1, 0.15) is 11.8 Å². The summed E-state index contributed by atoms with van der Waals surface area (Å²) in [4.78, 5) is 1.32. The van der Waals surface area contributed by atoms with Gasteiger partial charge in [-0.1, -0.05) is 12.1 Å². The number of nitriles is 1. The summed E-state index contributed by atoms with van der Waals surface area (Å²) >= 11 is 1.75. The highest BCUT2D eigenvalue weighted by molar-refractivity contribution is 7.10. The van der Waals surface area contributed by atoms with Gasteiger partial charge in [-0.15, -0.1) is 11.3 Å². The maximum Gasteiger partial charge on any atom is 0.136 e. The van der Waals surface area contributed by atoms with E-state index in [0.717, 1.165) is 12.1 Å². The van der Waals surface area contributed by atoms with E-state index in [4.69, 9.17) is 10.00 Å². The molecular formula is C15H16N2OS. The number of benzene rings is 1. The van der Waals surface area contributed by atoms with Gasteiger partial charge in [-0.25, -0.2) is 0 Å². The molecule has 0 saturated carbocycles. The van der Waals surface area contributed by atoms with Crippen LogP contribution in [-0.2, 0) is 6.54 Å². The molecule has 19 heavy (non-hydrogen) atoms. The van der Waals surface area contributed by atoms with Crippen molar-refractivity contribution in [2.45, 2.75) is 19.5 Å². The minimum absolute atomic E-state index is 0.321. The van der Waals surface area contributed by atoms with Crippen molar-refractivity contribution >= 4 is 11.3 Å². The summed E-state index contributed by atoms with van der Waals surface area (Å²) < 4.78 is 5.21. The molecule has 0 aliphatic heterocycles. The lowest BCUT2D eigenvalue weighted by Gasteiger charge is -2.13. The van der Waals surface area contributed by atoms with Gasteiger partial charge in [-0.3, -0.25) is 0 Å². The third-order valence-corrected chi connectivity index (χ3v) is 4.02. The maximum absolute atomic E-state index is 8.94. The van der Waals surface area contributed by atoms with Gasteiger partial charge in [0.2, 0.25) is 0 Å². The highest BCUT2D eigenvalue weighted by Gasteiger charge is 2.07. The Balaban J connectivity index is 2.02. The van der Waals surface area contributed by atoms with Crippen molar-refractivity contribution in [3.63, 3.8) is 0 Å². The monoisotopic (exact) mass is 272 g/mol. The quantitative estimate of drug-likeness (QED) is 0.906. The van der Waals surface area contributed by atoms with E-state index >= 15 is 0 Å². The van der Waals surface area contributed by atoms with Crippen LogP contribution in [0.5, 0.6) is 5.75 Å². The molecule has 1 aromatic heterocycles. The van der Waals surface area contributed by atoms with Crippen LogP contribution >= 0.6 is 11.3 Å². The molecule has 1 N–H and O–H groups in total. The van der Waals surface area contributed by atoms with Crippen LogP contribution in [0.2, 0.25) is 0 Å². The fraction of sp³-hybridized carbons (Fsp3) is 0.267. The van der Waals surface area contributed by atoms with Crippen LogP contribution in [0.15, 0.2) is 35.7 Å². The molecule has 2 aromatic rings. The fourth-order valence-corrected chi connectivity index (χ4v) is 2.61. The van der Waals surface area contributed by atoms with Crippen LogP contribution in [0.1, 0.15) is 29.0 Å². The molecule has 1 aromatic carbocycles. The van der Waals surface area contributed by atoms with Crippen LogP contribution in [0.4, 0.5) is 0 Å². The Morgan fingerprint density at radius 3 is 2.89 bits per heavy atom. The predicted molar refractivity (Wildman–Crippen MR) is 77.3 cm³/mol. The normalized spacial score (nSPS) is 11.8. The molecule has 0 aliphatic rings. The van der Waals surface area contributed by atoms with Crippen molar-refractivity contribution in [2.24, 2.45) is 0 Å². The Bertz CT molecular complexity index is 572. The summed E-state index contributed by atoms with van der Waals surface area (Å²) in [5.74, 6) is 0.630. The number of rotatable bonds is 5. The Morgan fingerprint density at radius 1 is 1.42 bits per heavy atom. The highest BCUT2D eigenvalue weighted by atomic mass is 32.1. The predicted octanol–water partition coefficient (Wildman–Crippen LogP) is 3.48. The lowest BCUT2D eigenvalue weighted by Crippen LogP contribution is -2.17. The lowest BCUT2D eigenvalue weighted by molar-refractivity contribution is 0.412. The molecule has 0 fully saturated rings. The molecule has 0 amide bonds. The number of methoxy groups -OCH3 is 1. The third-order valence-electron chi connectivity index (χ3n) is 2.97. The first kappa shape index (κ1) is 13.6. The van der Waals surface area contributed by atoms with Gasteiger partial charge < -0.3 is 10.1 Å². The number of nitrogens with zero attached hydrogens (tertiary/aromatic N) is 1. The number of hydrogen-bond donors (Lipinski definition) is 1. The van der Waals surface area contributed by atoms with E-state index in [1.807, 2.05) is 12.1 Å². The van der Waals surface area contributed by atoms with Crippen LogP contribution in [0.3, 0.4) is 0 Å². The molecule has 0 bridgehead atoms. The Hall–Kier alpha value is -1.83. The van der Waals surface area contributed by atoms with E-state index in [0.29, 0.717) is 17.4 Å². The zero-order chi connectivity index (χ0) is 13.7. The molecule has 2 rings (SSSR count). The second-order valence-electron chi connectivity index (χ2n) is 4.26. The fourth-order valence-electron chi connectivity index (χ4n) is 1.85. The molecule has 0 aliphatic carbocycles. The molecule has 0 saturated heterocycles.